The number of hydrogen-bond acceptors (Lipinski definition) is 6. The monoisotopic (exact) mass is 425 g/mol. The molecule has 0 saturated carbocycles. The van der Waals surface area contributed by atoms with Crippen molar-refractivity contribution >= 4 is 23.3 Å². The van der Waals surface area contributed by atoms with Gasteiger partial charge in [-0.3, -0.25) is 14.6 Å². The van der Waals surface area contributed by atoms with E-state index in [2.05, 4.69) is 4.90 Å². The average Bonchev–Trinajstić information content (AvgIpc) is 3.41. The number of carbonyl (C=O) groups is 2. The molecule has 2 aromatic carbocycles. The Hall–Kier alpha value is -3.26. The first-order chi connectivity index (χ1) is 15.1. The summed E-state index contributed by atoms with van der Waals surface area (Å²) in [7, 11) is 3.13. The van der Waals surface area contributed by atoms with Crippen LogP contribution in [0.1, 0.15) is 12.8 Å². The maximum absolute atomic E-state index is 13.0. The Bertz CT molecular complexity index is 941. The molecule has 2 aromatic rings. The van der Waals surface area contributed by atoms with Crippen molar-refractivity contribution in [3.8, 4) is 17.2 Å². The van der Waals surface area contributed by atoms with E-state index in [1.54, 1.807) is 56.7 Å². The van der Waals surface area contributed by atoms with Gasteiger partial charge in [0.15, 0.2) is 11.5 Å². The van der Waals surface area contributed by atoms with Gasteiger partial charge in [-0.15, -0.1) is 0 Å². The lowest BCUT2D eigenvalue weighted by Gasteiger charge is -2.20. The van der Waals surface area contributed by atoms with E-state index in [-0.39, 0.29) is 12.5 Å². The molecule has 164 valence electrons. The van der Waals surface area contributed by atoms with Gasteiger partial charge in [0.25, 0.3) is 5.91 Å². The summed E-state index contributed by atoms with van der Waals surface area (Å²) in [6.45, 7) is 3.65. The first-order valence-corrected chi connectivity index (χ1v) is 10.4. The van der Waals surface area contributed by atoms with Crippen LogP contribution in [-0.2, 0) is 4.79 Å². The molecule has 2 aliphatic rings. The summed E-state index contributed by atoms with van der Waals surface area (Å²) in [5.74, 6) is 1.52. The molecule has 0 spiro atoms. The van der Waals surface area contributed by atoms with Crippen LogP contribution < -0.4 is 24.0 Å². The van der Waals surface area contributed by atoms with Crippen LogP contribution >= 0.6 is 0 Å². The summed E-state index contributed by atoms with van der Waals surface area (Å²) in [6, 6.07) is 11.7. The number of urea groups is 1. The third-order valence-electron chi connectivity index (χ3n) is 5.62. The predicted molar refractivity (Wildman–Crippen MR) is 117 cm³/mol. The molecule has 8 heteroatoms. The van der Waals surface area contributed by atoms with Crippen molar-refractivity contribution in [1.82, 2.24) is 4.90 Å². The number of methoxy groups -OCH3 is 2. The lowest BCUT2D eigenvalue weighted by Crippen LogP contribution is -2.33. The zero-order valence-electron chi connectivity index (χ0n) is 17.9. The Morgan fingerprint density at radius 1 is 0.871 bits per heavy atom. The first-order valence-electron chi connectivity index (χ1n) is 10.4. The van der Waals surface area contributed by atoms with E-state index in [4.69, 9.17) is 14.2 Å². The minimum Gasteiger partial charge on any atom is -0.497 e. The Kier molecular flexibility index (Phi) is 6.27. The van der Waals surface area contributed by atoms with Crippen LogP contribution in [0.4, 0.5) is 16.2 Å². The van der Waals surface area contributed by atoms with Crippen molar-refractivity contribution in [3.63, 3.8) is 0 Å². The van der Waals surface area contributed by atoms with Gasteiger partial charge in [-0.25, -0.2) is 9.69 Å². The third kappa shape index (κ3) is 4.44. The molecule has 0 bridgehead atoms. The summed E-state index contributed by atoms with van der Waals surface area (Å²) in [6.07, 6.45) is 2.49. The van der Waals surface area contributed by atoms with Crippen LogP contribution in [0.15, 0.2) is 42.5 Å². The zero-order chi connectivity index (χ0) is 21.8. The number of anilines is 2. The zero-order valence-corrected chi connectivity index (χ0v) is 17.9. The van der Waals surface area contributed by atoms with E-state index < -0.39 is 6.03 Å². The van der Waals surface area contributed by atoms with Crippen LogP contribution in [0.2, 0.25) is 0 Å². The van der Waals surface area contributed by atoms with Crippen molar-refractivity contribution in [2.24, 2.45) is 0 Å². The third-order valence-corrected chi connectivity index (χ3v) is 5.62. The number of ether oxygens (including phenoxy) is 3. The number of hydrogen-bond donors (Lipinski definition) is 0. The number of amides is 3. The molecule has 2 saturated heterocycles. The topological polar surface area (TPSA) is 71.6 Å². The van der Waals surface area contributed by atoms with Gasteiger partial charge in [-0.1, -0.05) is 0 Å². The highest BCUT2D eigenvalue weighted by Crippen LogP contribution is 2.34. The normalized spacial score (nSPS) is 16.8. The Morgan fingerprint density at radius 3 is 2.26 bits per heavy atom. The van der Waals surface area contributed by atoms with E-state index in [0.29, 0.717) is 35.2 Å². The van der Waals surface area contributed by atoms with E-state index >= 15 is 0 Å². The maximum Gasteiger partial charge on any atom is 0.336 e. The van der Waals surface area contributed by atoms with Gasteiger partial charge in [-0.2, -0.15) is 0 Å². The highest BCUT2D eigenvalue weighted by Gasteiger charge is 2.38. The second-order valence-electron chi connectivity index (χ2n) is 7.53. The number of benzene rings is 2. The summed E-state index contributed by atoms with van der Waals surface area (Å²) in [4.78, 5) is 30.6. The summed E-state index contributed by atoms with van der Waals surface area (Å²) in [5, 5.41) is 0. The van der Waals surface area contributed by atoms with Gasteiger partial charge >= 0.3 is 6.03 Å². The molecule has 31 heavy (non-hydrogen) atoms. The summed E-state index contributed by atoms with van der Waals surface area (Å²) in [5.41, 5.74) is 1.09. The van der Waals surface area contributed by atoms with Crippen LogP contribution in [0.25, 0.3) is 0 Å². The van der Waals surface area contributed by atoms with Gasteiger partial charge in [0.05, 0.1) is 19.9 Å². The standard InChI is InChI=1S/C23H27N3O5/c1-29-19-8-5-17(6-9-19)26-22(27)16-25(23(26)28)18-7-10-20(21(15-18)30-2)31-14-13-24-11-3-4-12-24/h5-10,15H,3-4,11-14,16H2,1-2H3. The number of likely N-dealkylation sites (tertiary alicyclic amines) is 1. The van der Waals surface area contributed by atoms with Crippen LogP contribution in [0.3, 0.4) is 0 Å². The van der Waals surface area contributed by atoms with Crippen molar-refractivity contribution in [3.05, 3.63) is 42.5 Å². The van der Waals surface area contributed by atoms with Crippen molar-refractivity contribution in [2.45, 2.75) is 12.8 Å². The van der Waals surface area contributed by atoms with Gasteiger partial charge in [-0.05, 0) is 62.3 Å². The minimum absolute atomic E-state index is 0.0385. The summed E-state index contributed by atoms with van der Waals surface area (Å²) < 4.78 is 16.5. The van der Waals surface area contributed by atoms with E-state index in [0.717, 1.165) is 19.6 Å². The SMILES string of the molecule is COc1ccc(N2C(=O)CN(c3ccc(OCCN4CCCC4)c(OC)c3)C2=O)cc1. The second kappa shape index (κ2) is 9.26. The average molecular weight is 425 g/mol. The fraction of sp³-hybridized carbons (Fsp3) is 0.391. The molecule has 3 amide bonds. The molecule has 0 radical (unpaired) electrons. The fourth-order valence-corrected chi connectivity index (χ4v) is 3.92. The molecule has 2 fully saturated rings. The maximum atomic E-state index is 13.0. The number of rotatable bonds is 8. The molecule has 0 aromatic heterocycles. The number of imide groups is 1. The van der Waals surface area contributed by atoms with E-state index in [1.807, 2.05) is 0 Å². The molecular formula is C23H27N3O5. The van der Waals surface area contributed by atoms with Crippen LogP contribution in [0.5, 0.6) is 17.2 Å². The molecule has 0 unspecified atom stereocenters. The number of nitrogens with zero attached hydrogens (tertiary/aromatic N) is 3. The predicted octanol–water partition coefficient (Wildman–Crippen LogP) is 3.15. The molecule has 0 N–H and O–H groups in total. The lowest BCUT2D eigenvalue weighted by molar-refractivity contribution is -0.115. The van der Waals surface area contributed by atoms with Crippen molar-refractivity contribution in [2.75, 3.05) is 56.8 Å². The Morgan fingerprint density at radius 2 is 1.58 bits per heavy atom. The molecule has 0 atom stereocenters. The van der Waals surface area contributed by atoms with Crippen LogP contribution in [0, 0.1) is 0 Å². The Balaban J connectivity index is 1.46. The second-order valence-corrected chi connectivity index (χ2v) is 7.53. The van der Waals surface area contributed by atoms with Crippen LogP contribution in [-0.4, -0.2) is 63.8 Å². The van der Waals surface area contributed by atoms with Gasteiger partial charge < -0.3 is 14.2 Å². The smallest absolute Gasteiger partial charge is 0.336 e. The minimum atomic E-state index is -0.403. The lowest BCUT2D eigenvalue weighted by atomic mass is 10.2. The first kappa shape index (κ1) is 21.0. The van der Waals surface area contributed by atoms with Crippen molar-refractivity contribution in [1.29, 1.82) is 0 Å². The van der Waals surface area contributed by atoms with Gasteiger partial charge in [0.1, 0.15) is 18.9 Å². The molecule has 2 aliphatic heterocycles. The summed E-state index contributed by atoms with van der Waals surface area (Å²) >= 11 is 0. The quantitative estimate of drug-likeness (QED) is 0.605. The molecule has 8 nitrogen and oxygen atoms in total. The van der Waals surface area contributed by atoms with Gasteiger partial charge in [0, 0.05) is 18.3 Å². The number of carbonyl (C=O) groups excluding carboxylic acids is 2. The van der Waals surface area contributed by atoms with Crippen molar-refractivity contribution < 1.29 is 23.8 Å². The molecule has 0 aliphatic carbocycles. The highest BCUT2D eigenvalue weighted by molar-refractivity contribution is 6.27. The highest BCUT2D eigenvalue weighted by atomic mass is 16.5. The van der Waals surface area contributed by atoms with E-state index in [9.17, 15) is 9.59 Å². The largest absolute Gasteiger partial charge is 0.497 e. The van der Waals surface area contributed by atoms with E-state index in [1.165, 1.54) is 22.6 Å². The Labute approximate surface area is 181 Å². The fourth-order valence-electron chi connectivity index (χ4n) is 3.92. The molecule has 4 rings (SSSR count). The molecule has 2 heterocycles. The molecular weight excluding hydrogens is 398 g/mol. The van der Waals surface area contributed by atoms with Gasteiger partial charge in [0.2, 0.25) is 0 Å².